The van der Waals surface area contributed by atoms with E-state index >= 15 is 0 Å². The summed E-state index contributed by atoms with van der Waals surface area (Å²) in [7, 11) is 3.89. The number of hydrogen-bond donors (Lipinski definition) is 0. The summed E-state index contributed by atoms with van der Waals surface area (Å²) in [6.07, 6.45) is 3.26. The van der Waals surface area contributed by atoms with Gasteiger partial charge in [-0.15, -0.1) is 0 Å². The van der Waals surface area contributed by atoms with E-state index in [1.54, 1.807) is 0 Å². The Balaban J connectivity index is 1.80. The van der Waals surface area contributed by atoms with Gasteiger partial charge in [-0.05, 0) is 43.0 Å². The summed E-state index contributed by atoms with van der Waals surface area (Å²) in [6.45, 7) is 1.63. The molecule has 0 aliphatic carbocycles. The minimum atomic E-state index is -0.243. The molecule has 2 aromatic rings. The van der Waals surface area contributed by atoms with Crippen molar-refractivity contribution >= 4 is 28.8 Å². The number of benzene rings is 2. The van der Waals surface area contributed by atoms with Crippen LogP contribution in [0, 0.1) is 0 Å². The highest BCUT2D eigenvalue weighted by Gasteiger charge is 2.42. The van der Waals surface area contributed by atoms with Crippen LogP contribution >= 0.6 is 0 Å². The molecule has 2 aliphatic rings. The summed E-state index contributed by atoms with van der Waals surface area (Å²) in [6, 6.07) is 17.1. The number of carbonyl (C=O) groups is 2. The Hall–Kier alpha value is -3.08. The van der Waals surface area contributed by atoms with E-state index in [0.29, 0.717) is 17.0 Å². The van der Waals surface area contributed by atoms with E-state index < -0.39 is 0 Å². The Morgan fingerprint density at radius 1 is 0.821 bits per heavy atom. The first-order chi connectivity index (χ1) is 13.6. The van der Waals surface area contributed by atoms with Crippen molar-refractivity contribution in [2.24, 2.45) is 0 Å². The molecule has 0 spiro atoms. The Bertz CT molecular complexity index is 928. The van der Waals surface area contributed by atoms with Crippen molar-refractivity contribution in [1.82, 2.24) is 4.90 Å². The maximum atomic E-state index is 13.5. The Morgan fingerprint density at radius 3 is 2.21 bits per heavy atom. The highest BCUT2D eigenvalue weighted by atomic mass is 16.2. The molecule has 0 N–H and O–H groups in total. The van der Waals surface area contributed by atoms with Gasteiger partial charge in [0.1, 0.15) is 5.70 Å². The summed E-state index contributed by atoms with van der Waals surface area (Å²) in [5.74, 6) is -0.464. The lowest BCUT2D eigenvalue weighted by molar-refractivity contribution is -0.120. The predicted octanol–water partition coefficient (Wildman–Crippen LogP) is 3.52. The van der Waals surface area contributed by atoms with Gasteiger partial charge in [-0.2, -0.15) is 0 Å². The number of piperidine rings is 1. The van der Waals surface area contributed by atoms with Gasteiger partial charge in [-0.25, -0.2) is 4.90 Å². The molecular weight excluding hydrogens is 350 g/mol. The molecule has 2 amide bonds. The van der Waals surface area contributed by atoms with Crippen LogP contribution in [0.25, 0.3) is 5.57 Å². The number of amides is 2. The van der Waals surface area contributed by atoms with Gasteiger partial charge < -0.3 is 9.80 Å². The fraction of sp³-hybridized carbons (Fsp3) is 0.304. The Kier molecular flexibility index (Phi) is 4.90. The second-order valence-corrected chi connectivity index (χ2v) is 7.50. The molecule has 5 heteroatoms. The van der Waals surface area contributed by atoms with Crippen molar-refractivity contribution in [3.63, 3.8) is 0 Å². The van der Waals surface area contributed by atoms with E-state index in [4.69, 9.17) is 0 Å². The predicted molar refractivity (Wildman–Crippen MR) is 112 cm³/mol. The molecule has 28 heavy (non-hydrogen) atoms. The van der Waals surface area contributed by atoms with Crippen LogP contribution in [0.2, 0.25) is 0 Å². The Morgan fingerprint density at radius 2 is 1.54 bits per heavy atom. The number of nitrogens with zero attached hydrogens (tertiary/aromatic N) is 3. The average Bonchev–Trinajstić information content (AvgIpc) is 2.99. The van der Waals surface area contributed by atoms with Crippen LogP contribution in [-0.2, 0) is 9.59 Å². The highest BCUT2D eigenvalue weighted by molar-refractivity contribution is 6.45. The lowest BCUT2D eigenvalue weighted by Gasteiger charge is -2.29. The molecule has 144 valence electrons. The molecule has 0 aromatic heterocycles. The minimum absolute atomic E-state index is 0.221. The fourth-order valence-electron chi connectivity index (χ4n) is 3.94. The van der Waals surface area contributed by atoms with Gasteiger partial charge in [-0.3, -0.25) is 9.59 Å². The molecule has 2 heterocycles. The highest BCUT2D eigenvalue weighted by Crippen LogP contribution is 2.36. The molecule has 2 aromatic carbocycles. The van der Waals surface area contributed by atoms with Gasteiger partial charge in [0.25, 0.3) is 11.8 Å². The molecular formula is C23H25N3O2. The molecule has 0 bridgehead atoms. The second-order valence-electron chi connectivity index (χ2n) is 7.50. The van der Waals surface area contributed by atoms with E-state index in [-0.39, 0.29) is 11.8 Å². The number of hydrogen-bond acceptors (Lipinski definition) is 4. The molecule has 0 unspecified atom stereocenters. The van der Waals surface area contributed by atoms with E-state index in [2.05, 4.69) is 4.90 Å². The molecule has 1 saturated heterocycles. The SMILES string of the molecule is CN(C)c1cccc(N2C(=O)C(c3ccccc3)=C(N3CCCCC3)C2=O)c1. The molecule has 4 rings (SSSR count). The van der Waals surface area contributed by atoms with Crippen LogP contribution in [0.3, 0.4) is 0 Å². The monoisotopic (exact) mass is 375 g/mol. The topological polar surface area (TPSA) is 43.9 Å². The van der Waals surface area contributed by atoms with Crippen molar-refractivity contribution in [2.75, 3.05) is 37.0 Å². The first-order valence-electron chi connectivity index (χ1n) is 9.79. The van der Waals surface area contributed by atoms with Gasteiger partial charge in [0, 0.05) is 32.9 Å². The number of carbonyl (C=O) groups excluding carboxylic acids is 2. The van der Waals surface area contributed by atoms with Crippen molar-refractivity contribution in [1.29, 1.82) is 0 Å². The molecule has 2 aliphatic heterocycles. The summed E-state index contributed by atoms with van der Waals surface area (Å²) in [5.41, 5.74) is 3.43. The van der Waals surface area contributed by atoms with Gasteiger partial charge in [0.05, 0.1) is 11.3 Å². The number of likely N-dealkylation sites (tertiary alicyclic amines) is 1. The quantitative estimate of drug-likeness (QED) is 0.767. The molecule has 0 atom stereocenters. The number of rotatable bonds is 4. The lowest BCUT2D eigenvalue weighted by atomic mass is 10.0. The summed E-state index contributed by atoms with van der Waals surface area (Å²) < 4.78 is 0. The second kappa shape index (κ2) is 7.50. The molecule has 5 nitrogen and oxygen atoms in total. The van der Waals surface area contributed by atoms with Crippen LogP contribution < -0.4 is 9.80 Å². The van der Waals surface area contributed by atoms with E-state index in [1.165, 1.54) is 11.3 Å². The summed E-state index contributed by atoms with van der Waals surface area (Å²) in [4.78, 5) is 32.3. The van der Waals surface area contributed by atoms with Gasteiger partial charge in [0.2, 0.25) is 0 Å². The van der Waals surface area contributed by atoms with E-state index in [1.807, 2.05) is 73.6 Å². The third-order valence-corrected chi connectivity index (χ3v) is 5.40. The fourth-order valence-corrected chi connectivity index (χ4v) is 3.94. The zero-order chi connectivity index (χ0) is 19.7. The van der Waals surface area contributed by atoms with Gasteiger partial charge in [-0.1, -0.05) is 36.4 Å². The van der Waals surface area contributed by atoms with Crippen LogP contribution in [-0.4, -0.2) is 43.9 Å². The van der Waals surface area contributed by atoms with Gasteiger partial charge >= 0.3 is 0 Å². The maximum absolute atomic E-state index is 13.5. The minimum Gasteiger partial charge on any atom is -0.378 e. The lowest BCUT2D eigenvalue weighted by Crippen LogP contribution is -2.37. The van der Waals surface area contributed by atoms with Crippen molar-refractivity contribution < 1.29 is 9.59 Å². The maximum Gasteiger partial charge on any atom is 0.282 e. The third-order valence-electron chi connectivity index (χ3n) is 5.40. The number of imide groups is 1. The zero-order valence-electron chi connectivity index (χ0n) is 16.4. The molecule has 0 radical (unpaired) electrons. The van der Waals surface area contributed by atoms with Crippen molar-refractivity contribution in [3.05, 3.63) is 65.9 Å². The van der Waals surface area contributed by atoms with E-state index in [0.717, 1.165) is 37.2 Å². The van der Waals surface area contributed by atoms with E-state index in [9.17, 15) is 9.59 Å². The molecule has 0 saturated carbocycles. The van der Waals surface area contributed by atoms with Crippen molar-refractivity contribution in [3.8, 4) is 0 Å². The first-order valence-corrected chi connectivity index (χ1v) is 9.79. The van der Waals surface area contributed by atoms with Crippen LogP contribution in [0.4, 0.5) is 11.4 Å². The van der Waals surface area contributed by atoms with Crippen molar-refractivity contribution in [2.45, 2.75) is 19.3 Å². The largest absolute Gasteiger partial charge is 0.378 e. The summed E-state index contributed by atoms with van der Waals surface area (Å²) in [5, 5.41) is 0. The Labute approximate surface area is 165 Å². The van der Waals surface area contributed by atoms with Crippen LogP contribution in [0.1, 0.15) is 24.8 Å². The normalized spacial score (nSPS) is 17.5. The smallest absolute Gasteiger partial charge is 0.282 e. The van der Waals surface area contributed by atoms with Crippen LogP contribution in [0.5, 0.6) is 0 Å². The average molecular weight is 375 g/mol. The number of anilines is 2. The van der Waals surface area contributed by atoms with Crippen LogP contribution in [0.15, 0.2) is 60.3 Å². The third kappa shape index (κ3) is 3.17. The zero-order valence-corrected chi connectivity index (χ0v) is 16.4. The standard InChI is InChI=1S/C23H25N3O2/c1-24(2)18-12-9-13-19(16-18)26-22(27)20(17-10-5-3-6-11-17)21(23(26)28)25-14-7-4-8-15-25/h3,5-6,9-13,16H,4,7-8,14-15H2,1-2H3. The molecule has 1 fully saturated rings. The first kappa shape index (κ1) is 18.3. The van der Waals surface area contributed by atoms with Gasteiger partial charge in [0.15, 0.2) is 0 Å². The summed E-state index contributed by atoms with van der Waals surface area (Å²) >= 11 is 0.